The Balaban J connectivity index is 1.85. The summed E-state index contributed by atoms with van der Waals surface area (Å²) in [6, 6.07) is 26.3. The third kappa shape index (κ3) is 4.53. The van der Waals surface area contributed by atoms with Crippen LogP contribution in [-0.2, 0) is 9.53 Å². The van der Waals surface area contributed by atoms with Crippen molar-refractivity contribution < 1.29 is 14.3 Å². The van der Waals surface area contributed by atoms with Crippen LogP contribution in [0, 0.1) is 0 Å². The molecule has 1 unspecified atom stereocenters. The van der Waals surface area contributed by atoms with E-state index in [-0.39, 0.29) is 18.3 Å². The topological polar surface area (TPSA) is 69.4 Å². The standard InChI is InChI=1S/C24H23NO3/c1-17(20-13-8-14-21(15-20)22(26)16-25)24(27)28-23(18-9-4-2-5-10-18)19-11-6-3-7-12-19/h2-15,17,23H,16,25H2,1H3. The molecule has 0 heterocycles. The smallest absolute Gasteiger partial charge is 0.314 e. The summed E-state index contributed by atoms with van der Waals surface area (Å²) < 4.78 is 5.92. The minimum absolute atomic E-state index is 0.0631. The summed E-state index contributed by atoms with van der Waals surface area (Å²) >= 11 is 0. The maximum absolute atomic E-state index is 12.9. The fourth-order valence-corrected chi connectivity index (χ4v) is 3.04. The number of nitrogens with two attached hydrogens (primary N) is 1. The highest BCUT2D eigenvalue weighted by molar-refractivity contribution is 5.97. The van der Waals surface area contributed by atoms with Crippen LogP contribution in [0.4, 0.5) is 0 Å². The molecule has 0 aliphatic rings. The predicted molar refractivity (Wildman–Crippen MR) is 109 cm³/mol. The quantitative estimate of drug-likeness (QED) is 0.496. The zero-order chi connectivity index (χ0) is 19.9. The molecule has 142 valence electrons. The van der Waals surface area contributed by atoms with Gasteiger partial charge in [-0.05, 0) is 29.7 Å². The van der Waals surface area contributed by atoms with Gasteiger partial charge in [0.05, 0.1) is 12.5 Å². The lowest BCUT2D eigenvalue weighted by Crippen LogP contribution is -2.19. The number of Topliss-reactive ketones (excluding diaryl/α,β-unsaturated/α-hetero) is 1. The van der Waals surface area contributed by atoms with E-state index >= 15 is 0 Å². The van der Waals surface area contributed by atoms with Crippen molar-refractivity contribution in [1.82, 2.24) is 0 Å². The van der Waals surface area contributed by atoms with Gasteiger partial charge in [-0.3, -0.25) is 9.59 Å². The molecule has 2 N–H and O–H groups in total. The zero-order valence-corrected chi connectivity index (χ0v) is 15.7. The van der Waals surface area contributed by atoms with Gasteiger partial charge in [-0.15, -0.1) is 0 Å². The summed E-state index contributed by atoms with van der Waals surface area (Å²) in [6.45, 7) is 1.72. The van der Waals surface area contributed by atoms with Crippen LogP contribution in [0.1, 0.15) is 46.0 Å². The van der Waals surface area contributed by atoms with Gasteiger partial charge in [-0.1, -0.05) is 78.9 Å². The molecule has 0 saturated heterocycles. The maximum atomic E-state index is 12.9. The van der Waals surface area contributed by atoms with Gasteiger partial charge < -0.3 is 10.5 Å². The summed E-state index contributed by atoms with van der Waals surface area (Å²) in [5, 5.41) is 0. The first-order chi connectivity index (χ1) is 13.6. The van der Waals surface area contributed by atoms with Crippen LogP contribution in [0.5, 0.6) is 0 Å². The molecule has 0 amide bonds. The van der Waals surface area contributed by atoms with Gasteiger partial charge in [-0.25, -0.2) is 0 Å². The molecular formula is C24H23NO3. The Kier molecular flexibility index (Phi) is 6.35. The lowest BCUT2D eigenvalue weighted by Gasteiger charge is -2.21. The second-order valence-corrected chi connectivity index (χ2v) is 6.61. The van der Waals surface area contributed by atoms with E-state index in [1.165, 1.54) is 0 Å². The molecule has 28 heavy (non-hydrogen) atoms. The van der Waals surface area contributed by atoms with Crippen LogP contribution >= 0.6 is 0 Å². The maximum Gasteiger partial charge on any atom is 0.314 e. The molecule has 0 aliphatic heterocycles. The highest BCUT2D eigenvalue weighted by atomic mass is 16.5. The molecule has 3 aromatic rings. The number of esters is 1. The van der Waals surface area contributed by atoms with Crippen molar-refractivity contribution in [3.8, 4) is 0 Å². The van der Waals surface area contributed by atoms with Crippen LogP contribution < -0.4 is 5.73 Å². The summed E-state index contributed by atoms with van der Waals surface area (Å²) in [5.41, 5.74) is 8.48. The van der Waals surface area contributed by atoms with Crippen LogP contribution in [-0.4, -0.2) is 18.3 Å². The van der Waals surface area contributed by atoms with Gasteiger partial charge >= 0.3 is 5.97 Å². The van der Waals surface area contributed by atoms with E-state index in [0.29, 0.717) is 5.56 Å². The molecule has 0 fully saturated rings. The van der Waals surface area contributed by atoms with Gasteiger partial charge in [0.2, 0.25) is 0 Å². The predicted octanol–water partition coefficient (Wildman–Crippen LogP) is 4.26. The highest BCUT2D eigenvalue weighted by Crippen LogP contribution is 2.29. The third-order valence-electron chi connectivity index (χ3n) is 4.69. The Morgan fingerprint density at radius 3 is 1.89 bits per heavy atom. The Morgan fingerprint density at radius 2 is 1.36 bits per heavy atom. The van der Waals surface area contributed by atoms with E-state index in [9.17, 15) is 9.59 Å². The van der Waals surface area contributed by atoms with Crippen molar-refractivity contribution in [2.45, 2.75) is 18.9 Å². The van der Waals surface area contributed by atoms with Crippen molar-refractivity contribution >= 4 is 11.8 Å². The van der Waals surface area contributed by atoms with Gasteiger partial charge in [0.15, 0.2) is 11.9 Å². The minimum atomic E-state index is -0.513. The van der Waals surface area contributed by atoms with Crippen molar-refractivity contribution in [3.05, 3.63) is 107 Å². The first kappa shape index (κ1) is 19.5. The molecule has 1 atom stereocenters. The molecule has 0 aromatic heterocycles. The lowest BCUT2D eigenvalue weighted by molar-refractivity contribution is -0.149. The highest BCUT2D eigenvalue weighted by Gasteiger charge is 2.24. The largest absolute Gasteiger partial charge is 0.452 e. The monoisotopic (exact) mass is 373 g/mol. The van der Waals surface area contributed by atoms with Crippen LogP contribution in [0.3, 0.4) is 0 Å². The Hall–Kier alpha value is -3.24. The number of carbonyl (C=O) groups is 2. The van der Waals surface area contributed by atoms with Gasteiger partial charge in [-0.2, -0.15) is 0 Å². The fraction of sp³-hybridized carbons (Fsp3) is 0.167. The fourth-order valence-electron chi connectivity index (χ4n) is 3.04. The Bertz CT molecular complexity index is 899. The molecule has 4 heteroatoms. The SMILES string of the molecule is CC(C(=O)OC(c1ccccc1)c1ccccc1)c1cccc(C(=O)CN)c1. The average molecular weight is 373 g/mol. The van der Waals surface area contributed by atoms with E-state index in [1.54, 1.807) is 25.1 Å². The van der Waals surface area contributed by atoms with Crippen molar-refractivity contribution in [1.29, 1.82) is 0 Å². The first-order valence-electron chi connectivity index (χ1n) is 9.23. The summed E-state index contributed by atoms with van der Waals surface area (Å²) in [5.74, 6) is -1.02. The molecule has 0 saturated carbocycles. The van der Waals surface area contributed by atoms with Crippen molar-refractivity contribution in [2.75, 3.05) is 6.54 Å². The van der Waals surface area contributed by atoms with Gasteiger partial charge in [0.25, 0.3) is 0 Å². The third-order valence-corrected chi connectivity index (χ3v) is 4.69. The van der Waals surface area contributed by atoms with E-state index in [2.05, 4.69) is 0 Å². The molecule has 0 spiro atoms. The molecule has 3 rings (SSSR count). The summed E-state index contributed by atoms with van der Waals surface area (Å²) in [7, 11) is 0. The molecule has 3 aromatic carbocycles. The van der Waals surface area contributed by atoms with Gasteiger partial charge in [0, 0.05) is 5.56 Å². The van der Waals surface area contributed by atoms with E-state index in [4.69, 9.17) is 10.5 Å². The molecule has 4 nitrogen and oxygen atoms in total. The number of rotatable bonds is 7. The Labute approximate surface area is 165 Å². The van der Waals surface area contributed by atoms with Crippen LogP contribution in [0.15, 0.2) is 84.9 Å². The molecule has 0 bridgehead atoms. The average Bonchev–Trinajstić information content (AvgIpc) is 2.77. The summed E-state index contributed by atoms with van der Waals surface area (Å²) in [6.07, 6.45) is -0.494. The van der Waals surface area contributed by atoms with Crippen molar-refractivity contribution in [2.24, 2.45) is 5.73 Å². The number of hydrogen-bond donors (Lipinski definition) is 1. The number of carbonyl (C=O) groups excluding carboxylic acids is 2. The lowest BCUT2D eigenvalue weighted by atomic mass is 9.97. The van der Waals surface area contributed by atoms with Crippen LogP contribution in [0.2, 0.25) is 0 Å². The van der Waals surface area contributed by atoms with E-state index in [1.807, 2.05) is 66.7 Å². The second kappa shape index (κ2) is 9.11. The van der Waals surface area contributed by atoms with Crippen LogP contribution in [0.25, 0.3) is 0 Å². The normalized spacial score (nSPS) is 11.8. The number of ketones is 1. The van der Waals surface area contributed by atoms with E-state index in [0.717, 1.165) is 16.7 Å². The number of hydrogen-bond acceptors (Lipinski definition) is 4. The molecular weight excluding hydrogens is 350 g/mol. The first-order valence-corrected chi connectivity index (χ1v) is 9.23. The Morgan fingerprint density at radius 1 is 0.821 bits per heavy atom. The second-order valence-electron chi connectivity index (χ2n) is 6.61. The molecule has 0 radical (unpaired) electrons. The van der Waals surface area contributed by atoms with Crippen molar-refractivity contribution in [3.63, 3.8) is 0 Å². The minimum Gasteiger partial charge on any atom is -0.452 e. The zero-order valence-electron chi connectivity index (χ0n) is 15.7. The van der Waals surface area contributed by atoms with E-state index < -0.39 is 12.0 Å². The number of benzene rings is 3. The molecule has 0 aliphatic carbocycles. The van der Waals surface area contributed by atoms with Gasteiger partial charge in [0.1, 0.15) is 0 Å². The summed E-state index contributed by atoms with van der Waals surface area (Å²) in [4.78, 5) is 24.8. The number of ether oxygens (including phenoxy) is 1.